The number of H-pyrrole nitrogens is 1. The Hall–Kier alpha value is -2.14. The third-order valence-corrected chi connectivity index (χ3v) is 5.23. The summed E-state index contributed by atoms with van der Waals surface area (Å²) >= 11 is 3.49. The number of hydrogen-bond donors (Lipinski definition) is 2. The number of fused-ring (bicyclic) bond motifs is 1. The first-order valence-corrected chi connectivity index (χ1v) is 9.47. The second-order valence-electron chi connectivity index (χ2n) is 6.60. The van der Waals surface area contributed by atoms with E-state index in [9.17, 15) is 4.79 Å². The average Bonchev–Trinajstić information content (AvgIpc) is 3.31. The van der Waals surface area contributed by atoms with Crippen molar-refractivity contribution >= 4 is 32.9 Å². The van der Waals surface area contributed by atoms with Gasteiger partial charge in [0, 0.05) is 23.4 Å². The summed E-state index contributed by atoms with van der Waals surface area (Å²) in [4.78, 5) is 20.2. The molecule has 2 atom stereocenters. The van der Waals surface area contributed by atoms with Crippen LogP contribution in [0.4, 0.5) is 0 Å². The zero-order valence-corrected chi connectivity index (χ0v) is 15.4. The monoisotopic (exact) mass is 397 g/mol. The highest BCUT2D eigenvalue weighted by Gasteiger charge is 2.43. The largest absolute Gasteiger partial charge is 0.356 e. The second kappa shape index (κ2) is 7.00. The number of imidazole rings is 1. The van der Waals surface area contributed by atoms with Crippen LogP contribution in [0.1, 0.15) is 30.1 Å². The molecule has 2 N–H and O–H groups in total. The fourth-order valence-electron chi connectivity index (χ4n) is 3.31. The Kier molecular flexibility index (Phi) is 4.57. The number of amides is 1. The van der Waals surface area contributed by atoms with E-state index in [1.165, 1.54) is 5.56 Å². The minimum absolute atomic E-state index is 0.125. The third-order valence-electron chi connectivity index (χ3n) is 4.73. The number of benzene rings is 2. The van der Waals surface area contributed by atoms with Crippen LogP contribution < -0.4 is 5.32 Å². The van der Waals surface area contributed by atoms with Crippen LogP contribution in [0.3, 0.4) is 0 Å². The fourth-order valence-corrected chi connectivity index (χ4v) is 3.73. The van der Waals surface area contributed by atoms with Gasteiger partial charge in [0.15, 0.2) is 0 Å². The molecule has 2 aromatic carbocycles. The first-order valence-electron chi connectivity index (χ1n) is 8.67. The maximum absolute atomic E-state index is 12.3. The standard InChI is InChI=1S/C20H20BrN3O/c21-14-6-3-5-13(11-14)15-12-16(15)20(25)22-10-4-9-19-23-17-7-1-2-8-18(17)24-19/h1-3,5-8,11,15-16H,4,9-10,12H2,(H,22,25)(H,23,24). The molecule has 1 heterocycles. The summed E-state index contributed by atoms with van der Waals surface area (Å²) < 4.78 is 1.07. The van der Waals surface area contributed by atoms with E-state index in [2.05, 4.69) is 43.3 Å². The number of aromatic nitrogens is 2. The maximum Gasteiger partial charge on any atom is 0.223 e. The van der Waals surface area contributed by atoms with Crippen LogP contribution in [0.25, 0.3) is 11.0 Å². The average molecular weight is 398 g/mol. The van der Waals surface area contributed by atoms with E-state index in [0.29, 0.717) is 12.5 Å². The van der Waals surface area contributed by atoms with E-state index in [1.807, 2.05) is 36.4 Å². The molecule has 0 spiro atoms. The summed E-state index contributed by atoms with van der Waals surface area (Å²) in [6.45, 7) is 0.692. The lowest BCUT2D eigenvalue weighted by Crippen LogP contribution is -2.26. The minimum Gasteiger partial charge on any atom is -0.356 e. The maximum atomic E-state index is 12.3. The molecule has 25 heavy (non-hydrogen) atoms. The molecule has 0 radical (unpaired) electrons. The number of nitrogens with one attached hydrogen (secondary N) is 2. The van der Waals surface area contributed by atoms with Crippen LogP contribution in [0.2, 0.25) is 0 Å². The van der Waals surface area contributed by atoms with Gasteiger partial charge in [-0.15, -0.1) is 0 Å². The molecular weight excluding hydrogens is 378 g/mol. The number of halogens is 1. The van der Waals surface area contributed by atoms with Gasteiger partial charge >= 0.3 is 0 Å². The van der Waals surface area contributed by atoms with Crippen LogP contribution >= 0.6 is 15.9 Å². The lowest BCUT2D eigenvalue weighted by molar-refractivity contribution is -0.122. The van der Waals surface area contributed by atoms with Crippen LogP contribution in [0, 0.1) is 5.92 Å². The molecular formula is C20H20BrN3O. The first kappa shape index (κ1) is 16.3. The first-order chi connectivity index (χ1) is 12.2. The molecule has 3 aromatic rings. The van der Waals surface area contributed by atoms with Gasteiger partial charge in [-0.05, 0) is 48.6 Å². The lowest BCUT2D eigenvalue weighted by atomic mass is 10.1. The summed E-state index contributed by atoms with van der Waals surface area (Å²) in [6.07, 6.45) is 2.68. The molecule has 1 fully saturated rings. The summed E-state index contributed by atoms with van der Waals surface area (Å²) in [7, 11) is 0. The van der Waals surface area contributed by atoms with Crippen molar-refractivity contribution in [3.63, 3.8) is 0 Å². The summed E-state index contributed by atoms with van der Waals surface area (Å²) in [5.41, 5.74) is 3.31. The fraction of sp³-hybridized carbons (Fsp3) is 0.300. The normalized spacial score (nSPS) is 19.1. The molecule has 0 saturated heterocycles. The molecule has 1 saturated carbocycles. The molecule has 4 nitrogen and oxygen atoms in total. The lowest BCUT2D eigenvalue weighted by Gasteiger charge is -2.05. The quantitative estimate of drug-likeness (QED) is 0.612. The van der Waals surface area contributed by atoms with E-state index in [0.717, 1.165) is 40.6 Å². The molecule has 128 valence electrons. The molecule has 1 aliphatic carbocycles. The number of aromatic amines is 1. The van der Waals surface area contributed by atoms with Crippen molar-refractivity contribution in [2.75, 3.05) is 6.54 Å². The van der Waals surface area contributed by atoms with E-state index in [4.69, 9.17) is 0 Å². The zero-order valence-electron chi connectivity index (χ0n) is 13.8. The second-order valence-corrected chi connectivity index (χ2v) is 7.51. The van der Waals surface area contributed by atoms with Gasteiger partial charge in [-0.1, -0.05) is 40.2 Å². The van der Waals surface area contributed by atoms with Gasteiger partial charge in [0.05, 0.1) is 11.0 Å². The van der Waals surface area contributed by atoms with Gasteiger partial charge in [0.2, 0.25) is 5.91 Å². The van der Waals surface area contributed by atoms with Crippen molar-refractivity contribution in [1.29, 1.82) is 0 Å². The minimum atomic E-state index is 0.125. The number of nitrogens with zero attached hydrogens (tertiary/aromatic N) is 1. The molecule has 1 amide bonds. The highest BCUT2D eigenvalue weighted by Crippen LogP contribution is 2.47. The Bertz CT molecular complexity index is 872. The zero-order chi connectivity index (χ0) is 17.2. The number of carbonyl (C=O) groups is 1. The smallest absolute Gasteiger partial charge is 0.223 e. The summed E-state index contributed by atoms with van der Waals surface area (Å²) in [5, 5.41) is 3.07. The highest BCUT2D eigenvalue weighted by atomic mass is 79.9. The highest BCUT2D eigenvalue weighted by molar-refractivity contribution is 9.10. The molecule has 0 bridgehead atoms. The Labute approximate surface area is 155 Å². The van der Waals surface area contributed by atoms with Gasteiger partial charge < -0.3 is 10.3 Å². The van der Waals surface area contributed by atoms with Gasteiger partial charge in [-0.2, -0.15) is 0 Å². The van der Waals surface area contributed by atoms with Crippen LogP contribution in [0.5, 0.6) is 0 Å². The van der Waals surface area contributed by atoms with Crippen LogP contribution in [-0.4, -0.2) is 22.4 Å². The number of para-hydroxylation sites is 2. The molecule has 1 aliphatic rings. The number of rotatable bonds is 6. The van der Waals surface area contributed by atoms with Gasteiger partial charge in [-0.25, -0.2) is 4.98 Å². The third kappa shape index (κ3) is 3.76. The van der Waals surface area contributed by atoms with Gasteiger partial charge in [0.25, 0.3) is 0 Å². The Morgan fingerprint density at radius 2 is 2.12 bits per heavy atom. The van der Waals surface area contributed by atoms with Crippen molar-refractivity contribution in [1.82, 2.24) is 15.3 Å². The van der Waals surface area contributed by atoms with Crippen LogP contribution in [0.15, 0.2) is 53.0 Å². The predicted molar refractivity (Wildman–Crippen MR) is 102 cm³/mol. The Morgan fingerprint density at radius 1 is 1.24 bits per heavy atom. The van der Waals surface area contributed by atoms with Crippen LogP contribution in [-0.2, 0) is 11.2 Å². The SMILES string of the molecule is O=C(NCCCc1nc2ccccc2[nH]1)C1CC1c1cccc(Br)c1. The van der Waals surface area contributed by atoms with Crippen molar-refractivity contribution in [3.05, 3.63) is 64.4 Å². The van der Waals surface area contributed by atoms with Crippen molar-refractivity contribution in [2.45, 2.75) is 25.2 Å². The van der Waals surface area contributed by atoms with Gasteiger partial charge in [0.1, 0.15) is 5.82 Å². The molecule has 0 aliphatic heterocycles. The van der Waals surface area contributed by atoms with Crippen molar-refractivity contribution < 1.29 is 4.79 Å². The van der Waals surface area contributed by atoms with Crippen molar-refractivity contribution in [3.8, 4) is 0 Å². The van der Waals surface area contributed by atoms with E-state index < -0.39 is 0 Å². The molecule has 2 unspecified atom stereocenters. The summed E-state index contributed by atoms with van der Waals surface area (Å²) in [6, 6.07) is 16.3. The van der Waals surface area contributed by atoms with E-state index >= 15 is 0 Å². The molecule has 1 aromatic heterocycles. The molecule has 5 heteroatoms. The molecule has 4 rings (SSSR count). The number of carbonyl (C=O) groups excluding carboxylic acids is 1. The number of aryl methyl sites for hydroxylation is 1. The number of hydrogen-bond acceptors (Lipinski definition) is 2. The van der Waals surface area contributed by atoms with Crippen molar-refractivity contribution in [2.24, 2.45) is 5.92 Å². The summed E-state index contributed by atoms with van der Waals surface area (Å²) in [5.74, 6) is 1.65. The Balaban J connectivity index is 1.23. The topological polar surface area (TPSA) is 57.8 Å². The Morgan fingerprint density at radius 3 is 2.96 bits per heavy atom. The van der Waals surface area contributed by atoms with Gasteiger partial charge in [-0.3, -0.25) is 4.79 Å². The van der Waals surface area contributed by atoms with E-state index in [1.54, 1.807) is 0 Å². The predicted octanol–water partition coefficient (Wildman–Crippen LogP) is 4.18. The van der Waals surface area contributed by atoms with E-state index in [-0.39, 0.29) is 11.8 Å².